The third kappa shape index (κ3) is 4.16. The number of pyridine rings is 1. The van der Waals surface area contributed by atoms with Crippen molar-refractivity contribution in [3.8, 4) is 5.75 Å². The molecule has 0 fully saturated rings. The monoisotopic (exact) mass is 322 g/mol. The Bertz CT molecular complexity index is 781. The van der Waals surface area contributed by atoms with Crippen molar-refractivity contribution in [1.29, 1.82) is 0 Å². The van der Waals surface area contributed by atoms with Crippen LogP contribution in [0.3, 0.4) is 0 Å². The van der Waals surface area contributed by atoms with E-state index in [1.807, 2.05) is 36.4 Å². The number of ether oxygens (including phenoxy) is 1. The Morgan fingerprint density at radius 2 is 1.83 bits per heavy atom. The van der Waals surface area contributed by atoms with Crippen molar-refractivity contribution in [1.82, 2.24) is 20.2 Å². The van der Waals surface area contributed by atoms with Gasteiger partial charge in [-0.05, 0) is 23.8 Å². The average Bonchev–Trinajstić information content (AvgIpc) is 2.66. The molecule has 2 heterocycles. The molecule has 1 aromatic carbocycles. The van der Waals surface area contributed by atoms with E-state index in [0.29, 0.717) is 24.9 Å². The molecular formula is C17H18N6O. The molecule has 3 aromatic rings. The molecule has 7 heteroatoms. The van der Waals surface area contributed by atoms with Crippen molar-refractivity contribution >= 4 is 11.8 Å². The minimum atomic E-state index is 0.459. The highest BCUT2D eigenvalue weighted by atomic mass is 16.5. The van der Waals surface area contributed by atoms with Crippen LogP contribution in [0.15, 0.2) is 55.0 Å². The fourth-order valence-corrected chi connectivity index (χ4v) is 2.18. The fourth-order valence-electron chi connectivity index (χ4n) is 2.18. The first-order chi connectivity index (χ1) is 11.8. The van der Waals surface area contributed by atoms with E-state index in [0.717, 1.165) is 16.9 Å². The van der Waals surface area contributed by atoms with Gasteiger partial charge in [0, 0.05) is 31.0 Å². The van der Waals surface area contributed by atoms with Crippen LogP contribution in [0.1, 0.15) is 11.1 Å². The van der Waals surface area contributed by atoms with Gasteiger partial charge in [0.25, 0.3) is 0 Å². The average molecular weight is 322 g/mol. The van der Waals surface area contributed by atoms with Gasteiger partial charge in [0.1, 0.15) is 5.75 Å². The Morgan fingerprint density at radius 1 is 1.00 bits per heavy atom. The highest BCUT2D eigenvalue weighted by Gasteiger charge is 2.04. The van der Waals surface area contributed by atoms with Crippen LogP contribution in [-0.2, 0) is 13.1 Å². The number of benzene rings is 1. The summed E-state index contributed by atoms with van der Waals surface area (Å²) in [6.45, 7) is 1.20. The lowest BCUT2D eigenvalue weighted by Crippen LogP contribution is -2.08. The van der Waals surface area contributed by atoms with E-state index in [9.17, 15) is 0 Å². The van der Waals surface area contributed by atoms with Gasteiger partial charge in [0.2, 0.25) is 5.95 Å². The molecule has 0 bridgehead atoms. The largest absolute Gasteiger partial charge is 0.496 e. The van der Waals surface area contributed by atoms with Gasteiger partial charge in [-0.1, -0.05) is 18.2 Å². The molecule has 3 rings (SSSR count). The minimum Gasteiger partial charge on any atom is -0.496 e. The molecule has 122 valence electrons. The van der Waals surface area contributed by atoms with Crippen molar-refractivity contribution in [3.05, 3.63) is 66.1 Å². The Labute approximate surface area is 140 Å². The molecule has 7 nitrogen and oxygen atoms in total. The summed E-state index contributed by atoms with van der Waals surface area (Å²) >= 11 is 0. The SMILES string of the molecule is COc1ccccc1CNc1nncc(NCc2ccncc2)n1. The van der Waals surface area contributed by atoms with Crippen molar-refractivity contribution < 1.29 is 4.74 Å². The van der Waals surface area contributed by atoms with E-state index in [1.54, 1.807) is 25.7 Å². The van der Waals surface area contributed by atoms with Crippen LogP contribution < -0.4 is 15.4 Å². The molecule has 0 aliphatic rings. The maximum absolute atomic E-state index is 5.33. The number of hydrogen-bond acceptors (Lipinski definition) is 7. The van der Waals surface area contributed by atoms with E-state index < -0.39 is 0 Å². The lowest BCUT2D eigenvalue weighted by molar-refractivity contribution is 0.410. The van der Waals surface area contributed by atoms with E-state index in [4.69, 9.17) is 4.74 Å². The van der Waals surface area contributed by atoms with E-state index in [-0.39, 0.29) is 0 Å². The van der Waals surface area contributed by atoms with Gasteiger partial charge in [0.05, 0.1) is 13.3 Å². The molecule has 0 atom stereocenters. The van der Waals surface area contributed by atoms with Crippen molar-refractivity contribution in [2.75, 3.05) is 17.7 Å². The summed E-state index contributed by atoms with van der Waals surface area (Å²) in [6.07, 6.45) is 5.11. The van der Waals surface area contributed by atoms with Crippen LogP contribution in [0.2, 0.25) is 0 Å². The third-order valence-electron chi connectivity index (χ3n) is 3.41. The zero-order chi connectivity index (χ0) is 16.6. The lowest BCUT2D eigenvalue weighted by Gasteiger charge is -2.10. The zero-order valence-electron chi connectivity index (χ0n) is 13.3. The Balaban J connectivity index is 1.61. The molecule has 2 N–H and O–H groups in total. The normalized spacial score (nSPS) is 10.2. The molecule has 0 saturated carbocycles. The minimum absolute atomic E-state index is 0.459. The number of anilines is 2. The van der Waals surface area contributed by atoms with Crippen molar-refractivity contribution in [3.63, 3.8) is 0 Å². The Hall–Kier alpha value is -3.22. The van der Waals surface area contributed by atoms with Gasteiger partial charge < -0.3 is 15.4 Å². The summed E-state index contributed by atoms with van der Waals surface area (Å²) < 4.78 is 5.33. The molecular weight excluding hydrogens is 304 g/mol. The summed E-state index contributed by atoms with van der Waals surface area (Å²) in [5.41, 5.74) is 2.14. The van der Waals surface area contributed by atoms with Gasteiger partial charge in [-0.3, -0.25) is 4.98 Å². The molecule has 0 saturated heterocycles. The Morgan fingerprint density at radius 3 is 2.67 bits per heavy atom. The second-order valence-corrected chi connectivity index (χ2v) is 5.04. The summed E-state index contributed by atoms with van der Waals surface area (Å²) in [6, 6.07) is 11.7. The summed E-state index contributed by atoms with van der Waals surface area (Å²) in [7, 11) is 1.65. The first-order valence-corrected chi connectivity index (χ1v) is 7.53. The van der Waals surface area contributed by atoms with Crippen molar-refractivity contribution in [2.45, 2.75) is 13.1 Å². The number of rotatable bonds is 7. The molecule has 0 amide bonds. The Kier molecular flexibility index (Phi) is 5.14. The summed E-state index contributed by atoms with van der Waals surface area (Å²) in [4.78, 5) is 8.40. The predicted molar refractivity (Wildman–Crippen MR) is 91.7 cm³/mol. The molecule has 0 aliphatic carbocycles. The second-order valence-electron chi connectivity index (χ2n) is 5.04. The van der Waals surface area contributed by atoms with Crippen LogP contribution in [0.5, 0.6) is 5.75 Å². The first-order valence-electron chi connectivity index (χ1n) is 7.53. The highest BCUT2D eigenvalue weighted by Crippen LogP contribution is 2.18. The quantitative estimate of drug-likeness (QED) is 0.691. The standard InChI is InChI=1S/C17H18N6O/c1-24-15-5-3-2-4-14(15)11-20-17-22-16(12-21-23-17)19-10-13-6-8-18-9-7-13/h2-9,12H,10-11H2,1H3,(H2,19,20,22,23). The smallest absolute Gasteiger partial charge is 0.244 e. The van der Waals surface area contributed by atoms with Crippen molar-refractivity contribution in [2.24, 2.45) is 0 Å². The topological polar surface area (TPSA) is 84.9 Å². The number of para-hydroxylation sites is 1. The second kappa shape index (κ2) is 7.87. The molecule has 0 radical (unpaired) electrons. The van der Waals surface area contributed by atoms with Crippen LogP contribution in [0.4, 0.5) is 11.8 Å². The molecule has 0 unspecified atom stereocenters. The molecule has 0 spiro atoms. The van der Waals surface area contributed by atoms with Gasteiger partial charge in [0.15, 0.2) is 5.82 Å². The highest BCUT2D eigenvalue weighted by molar-refractivity contribution is 5.40. The van der Waals surface area contributed by atoms with E-state index in [2.05, 4.69) is 30.8 Å². The molecule has 2 aromatic heterocycles. The summed E-state index contributed by atoms with van der Waals surface area (Å²) in [5, 5.41) is 14.3. The number of nitrogens with one attached hydrogen (secondary N) is 2. The number of hydrogen-bond donors (Lipinski definition) is 2. The van der Waals surface area contributed by atoms with Crippen LogP contribution >= 0.6 is 0 Å². The molecule has 24 heavy (non-hydrogen) atoms. The van der Waals surface area contributed by atoms with Crippen LogP contribution in [0, 0.1) is 0 Å². The van der Waals surface area contributed by atoms with Gasteiger partial charge in [-0.25, -0.2) is 0 Å². The number of methoxy groups -OCH3 is 1. The maximum atomic E-state index is 5.33. The molecule has 0 aliphatic heterocycles. The van der Waals surface area contributed by atoms with Gasteiger partial charge in [-0.2, -0.15) is 10.1 Å². The third-order valence-corrected chi connectivity index (χ3v) is 3.41. The number of nitrogens with zero attached hydrogens (tertiary/aromatic N) is 4. The van der Waals surface area contributed by atoms with Crippen LogP contribution in [-0.4, -0.2) is 27.3 Å². The van der Waals surface area contributed by atoms with Gasteiger partial charge in [-0.15, -0.1) is 5.10 Å². The maximum Gasteiger partial charge on any atom is 0.244 e. The first kappa shape index (κ1) is 15.7. The van der Waals surface area contributed by atoms with Gasteiger partial charge >= 0.3 is 0 Å². The van der Waals surface area contributed by atoms with E-state index >= 15 is 0 Å². The fraction of sp³-hybridized carbons (Fsp3) is 0.176. The van der Waals surface area contributed by atoms with E-state index in [1.165, 1.54) is 0 Å². The number of aromatic nitrogens is 4. The van der Waals surface area contributed by atoms with Crippen LogP contribution in [0.25, 0.3) is 0 Å². The summed E-state index contributed by atoms with van der Waals surface area (Å²) in [5.74, 6) is 1.94. The lowest BCUT2D eigenvalue weighted by atomic mass is 10.2. The zero-order valence-corrected chi connectivity index (χ0v) is 13.3. The predicted octanol–water partition coefficient (Wildman–Crippen LogP) is 2.50.